The van der Waals surface area contributed by atoms with Crippen molar-refractivity contribution in [1.29, 1.82) is 0 Å². The van der Waals surface area contributed by atoms with Crippen LogP contribution in [-0.4, -0.2) is 49.6 Å². The molecule has 2 saturated heterocycles. The van der Waals surface area contributed by atoms with Crippen molar-refractivity contribution < 1.29 is 14.3 Å². The maximum atomic E-state index is 13.5. The van der Waals surface area contributed by atoms with E-state index in [-0.39, 0.29) is 17.7 Å². The van der Waals surface area contributed by atoms with Crippen molar-refractivity contribution in [1.82, 2.24) is 10.2 Å². The summed E-state index contributed by atoms with van der Waals surface area (Å²) < 4.78 is 5.53. The Morgan fingerprint density at radius 1 is 1.23 bits per heavy atom. The fraction of sp³-hybridized carbons (Fsp3) is 0.600. The van der Waals surface area contributed by atoms with Gasteiger partial charge in [0.15, 0.2) is 0 Å². The van der Waals surface area contributed by atoms with E-state index >= 15 is 0 Å². The summed E-state index contributed by atoms with van der Waals surface area (Å²) in [7, 11) is 0. The lowest BCUT2D eigenvalue weighted by molar-refractivity contribution is -0.144. The summed E-state index contributed by atoms with van der Waals surface area (Å²) >= 11 is 6.47. The van der Waals surface area contributed by atoms with Crippen LogP contribution in [0.15, 0.2) is 24.3 Å². The molecule has 0 spiro atoms. The van der Waals surface area contributed by atoms with Crippen molar-refractivity contribution in [2.75, 3.05) is 32.8 Å². The second-order valence-corrected chi connectivity index (χ2v) is 7.54. The maximum absolute atomic E-state index is 13.5. The van der Waals surface area contributed by atoms with Crippen LogP contribution in [0.25, 0.3) is 0 Å². The first-order valence-corrected chi connectivity index (χ1v) is 9.86. The topological polar surface area (TPSA) is 58.6 Å². The fourth-order valence-corrected chi connectivity index (χ4v) is 4.45. The second-order valence-electron chi connectivity index (χ2n) is 7.14. The van der Waals surface area contributed by atoms with E-state index in [4.69, 9.17) is 16.3 Å². The van der Waals surface area contributed by atoms with Gasteiger partial charge < -0.3 is 15.0 Å². The Morgan fingerprint density at radius 3 is 2.50 bits per heavy atom. The van der Waals surface area contributed by atoms with Crippen LogP contribution >= 0.6 is 11.6 Å². The van der Waals surface area contributed by atoms with Crippen LogP contribution in [0.5, 0.6) is 0 Å². The third-order valence-corrected chi connectivity index (χ3v) is 5.98. The number of carbonyl (C=O) groups excluding carboxylic acids is 2. The van der Waals surface area contributed by atoms with Crippen LogP contribution in [0, 0.1) is 5.92 Å². The van der Waals surface area contributed by atoms with E-state index in [1.54, 1.807) is 0 Å². The first kappa shape index (κ1) is 19.2. The summed E-state index contributed by atoms with van der Waals surface area (Å²) in [5, 5.41) is 3.53. The second kappa shape index (κ2) is 8.40. The van der Waals surface area contributed by atoms with Gasteiger partial charge in [0.05, 0.1) is 5.41 Å². The number of nitrogens with one attached hydrogen (secondary N) is 1. The van der Waals surface area contributed by atoms with Gasteiger partial charge in [-0.05, 0) is 44.2 Å². The molecule has 0 unspecified atom stereocenters. The lowest BCUT2D eigenvalue weighted by Gasteiger charge is -2.42. The molecule has 2 fully saturated rings. The molecule has 0 saturated carbocycles. The number of nitrogens with zero attached hydrogens (tertiary/aromatic N) is 1. The number of rotatable bonds is 4. The van der Waals surface area contributed by atoms with Gasteiger partial charge >= 0.3 is 0 Å². The largest absolute Gasteiger partial charge is 0.381 e. The zero-order valence-corrected chi connectivity index (χ0v) is 16.1. The van der Waals surface area contributed by atoms with Gasteiger partial charge in [-0.1, -0.05) is 29.8 Å². The zero-order valence-electron chi connectivity index (χ0n) is 15.3. The number of hydrogen-bond donors (Lipinski definition) is 1. The fourth-order valence-electron chi connectivity index (χ4n) is 4.13. The molecule has 2 heterocycles. The summed E-state index contributed by atoms with van der Waals surface area (Å²) in [5.74, 6) is 0.236. The number of halogens is 1. The van der Waals surface area contributed by atoms with Gasteiger partial charge in [0.1, 0.15) is 0 Å². The molecule has 1 aromatic rings. The molecule has 0 radical (unpaired) electrons. The zero-order chi connectivity index (χ0) is 18.6. The van der Waals surface area contributed by atoms with E-state index in [1.807, 2.05) is 36.1 Å². The standard InChI is InChI=1S/C20H27ClN2O3/c1-2-22-18(24)15-7-11-23(12-8-15)19(25)20(9-13-26-14-10-20)16-5-3-4-6-17(16)21/h3-6,15H,2,7-14H2,1H3,(H,22,24). The number of ether oxygens (including phenoxy) is 1. The van der Waals surface area contributed by atoms with Crippen LogP contribution in [-0.2, 0) is 19.7 Å². The smallest absolute Gasteiger partial charge is 0.233 e. The van der Waals surface area contributed by atoms with E-state index in [1.165, 1.54) is 0 Å². The van der Waals surface area contributed by atoms with Crippen molar-refractivity contribution in [2.24, 2.45) is 5.92 Å². The molecule has 0 aromatic heterocycles. The maximum Gasteiger partial charge on any atom is 0.233 e. The van der Waals surface area contributed by atoms with Crippen LogP contribution in [0.3, 0.4) is 0 Å². The molecule has 0 aliphatic carbocycles. The van der Waals surface area contributed by atoms with Crippen molar-refractivity contribution in [3.8, 4) is 0 Å². The molecule has 142 valence electrons. The molecule has 1 aromatic carbocycles. The Hall–Kier alpha value is -1.59. The molecule has 0 atom stereocenters. The molecule has 2 amide bonds. The van der Waals surface area contributed by atoms with Gasteiger partial charge in [0.2, 0.25) is 11.8 Å². The molecule has 0 bridgehead atoms. The monoisotopic (exact) mass is 378 g/mol. The highest BCUT2D eigenvalue weighted by Crippen LogP contribution is 2.40. The Bertz CT molecular complexity index is 650. The highest BCUT2D eigenvalue weighted by molar-refractivity contribution is 6.31. The van der Waals surface area contributed by atoms with Crippen LogP contribution < -0.4 is 5.32 Å². The third-order valence-electron chi connectivity index (χ3n) is 5.65. The summed E-state index contributed by atoms with van der Waals surface area (Å²) in [6.07, 6.45) is 2.72. The minimum absolute atomic E-state index is 0.00459. The third kappa shape index (κ3) is 3.74. The average Bonchev–Trinajstić information content (AvgIpc) is 2.68. The molecule has 1 N–H and O–H groups in total. The van der Waals surface area contributed by atoms with Crippen molar-refractivity contribution >= 4 is 23.4 Å². The highest BCUT2D eigenvalue weighted by Gasteiger charge is 2.45. The summed E-state index contributed by atoms with van der Waals surface area (Å²) in [6, 6.07) is 7.64. The van der Waals surface area contributed by atoms with Crippen LogP contribution in [0.2, 0.25) is 5.02 Å². The summed E-state index contributed by atoms with van der Waals surface area (Å²) in [6.45, 7) is 4.93. The van der Waals surface area contributed by atoms with Gasteiger partial charge in [-0.2, -0.15) is 0 Å². The average molecular weight is 379 g/mol. The number of benzene rings is 1. The minimum Gasteiger partial charge on any atom is -0.381 e. The van der Waals surface area contributed by atoms with Crippen molar-refractivity contribution in [3.63, 3.8) is 0 Å². The van der Waals surface area contributed by atoms with Gasteiger partial charge in [0, 0.05) is 43.8 Å². The lowest BCUT2D eigenvalue weighted by Crippen LogP contribution is -2.53. The van der Waals surface area contributed by atoms with E-state index in [2.05, 4.69) is 5.32 Å². The number of amides is 2. The molecular formula is C20H27ClN2O3. The Labute approximate surface area is 160 Å². The van der Waals surface area contributed by atoms with Gasteiger partial charge in [-0.3, -0.25) is 9.59 Å². The molecule has 6 heteroatoms. The highest BCUT2D eigenvalue weighted by atomic mass is 35.5. The molecule has 26 heavy (non-hydrogen) atoms. The molecule has 2 aliphatic rings. The Morgan fingerprint density at radius 2 is 1.88 bits per heavy atom. The van der Waals surface area contributed by atoms with E-state index in [0.717, 1.165) is 5.56 Å². The number of carbonyl (C=O) groups is 2. The van der Waals surface area contributed by atoms with Gasteiger partial charge in [-0.15, -0.1) is 0 Å². The van der Waals surface area contributed by atoms with Gasteiger partial charge in [0.25, 0.3) is 0 Å². The Kier molecular flexibility index (Phi) is 6.20. The van der Waals surface area contributed by atoms with Gasteiger partial charge in [-0.25, -0.2) is 0 Å². The normalized spacial score (nSPS) is 20.6. The number of likely N-dealkylation sites (tertiary alicyclic amines) is 1. The van der Waals surface area contributed by atoms with E-state index in [9.17, 15) is 9.59 Å². The molecule has 3 rings (SSSR count). The minimum atomic E-state index is -0.616. The summed E-state index contributed by atoms with van der Waals surface area (Å²) in [4.78, 5) is 27.5. The first-order chi connectivity index (χ1) is 12.6. The molecule has 5 nitrogen and oxygen atoms in total. The summed E-state index contributed by atoms with van der Waals surface area (Å²) in [5.41, 5.74) is 0.288. The number of hydrogen-bond acceptors (Lipinski definition) is 3. The predicted octanol–water partition coefficient (Wildman–Crippen LogP) is 2.76. The van der Waals surface area contributed by atoms with E-state index in [0.29, 0.717) is 63.6 Å². The molecule has 2 aliphatic heterocycles. The van der Waals surface area contributed by atoms with Crippen molar-refractivity contribution in [2.45, 2.75) is 38.0 Å². The predicted molar refractivity (Wildman–Crippen MR) is 101 cm³/mol. The Balaban J connectivity index is 1.78. The van der Waals surface area contributed by atoms with E-state index < -0.39 is 5.41 Å². The SMILES string of the molecule is CCNC(=O)C1CCN(C(=O)C2(c3ccccc3Cl)CCOCC2)CC1. The van der Waals surface area contributed by atoms with Crippen molar-refractivity contribution in [3.05, 3.63) is 34.9 Å². The van der Waals surface area contributed by atoms with Crippen LogP contribution in [0.1, 0.15) is 38.2 Å². The molecular weight excluding hydrogens is 352 g/mol. The van der Waals surface area contributed by atoms with Crippen LogP contribution in [0.4, 0.5) is 0 Å². The number of piperidine rings is 1. The quantitative estimate of drug-likeness (QED) is 0.876. The first-order valence-electron chi connectivity index (χ1n) is 9.48. The lowest BCUT2D eigenvalue weighted by atomic mass is 9.72.